The van der Waals surface area contributed by atoms with Crippen LogP contribution in [0.5, 0.6) is 11.5 Å². The number of ether oxygens (including phenoxy) is 2. The summed E-state index contributed by atoms with van der Waals surface area (Å²) in [5.41, 5.74) is 0.859. The molecule has 0 fully saturated rings. The summed E-state index contributed by atoms with van der Waals surface area (Å²) in [7, 11) is 3.35. The van der Waals surface area contributed by atoms with Crippen molar-refractivity contribution in [2.24, 2.45) is 0 Å². The van der Waals surface area contributed by atoms with Crippen LogP contribution in [0.25, 0.3) is 21.5 Å². The number of benzene rings is 3. The molecule has 21 heavy (non-hydrogen) atoms. The van der Waals surface area contributed by atoms with E-state index in [0.717, 1.165) is 38.6 Å². The van der Waals surface area contributed by atoms with E-state index in [0.29, 0.717) is 0 Å². The van der Waals surface area contributed by atoms with Crippen molar-refractivity contribution in [3.05, 3.63) is 48.0 Å². The monoisotopic (exact) mass is 282 g/mol. The number of rotatable bonds is 3. The summed E-state index contributed by atoms with van der Waals surface area (Å²) < 4.78 is 11.3. The SMILES string of the molecule is COc1c2ccccc2c(OC)c2cc(C(C)O)ccc12. The van der Waals surface area contributed by atoms with E-state index in [9.17, 15) is 5.11 Å². The van der Waals surface area contributed by atoms with Gasteiger partial charge in [0.2, 0.25) is 0 Å². The molecule has 0 spiro atoms. The van der Waals surface area contributed by atoms with Crippen LogP contribution in [0.2, 0.25) is 0 Å². The summed E-state index contributed by atoms with van der Waals surface area (Å²) in [5, 5.41) is 13.8. The fourth-order valence-corrected chi connectivity index (χ4v) is 2.82. The molecule has 0 aromatic heterocycles. The topological polar surface area (TPSA) is 38.7 Å². The van der Waals surface area contributed by atoms with Gasteiger partial charge in [-0.05, 0) is 18.6 Å². The molecule has 0 radical (unpaired) electrons. The Hall–Kier alpha value is -2.26. The Labute approximate surface area is 123 Å². The Bertz CT molecular complexity index is 806. The van der Waals surface area contributed by atoms with Crippen molar-refractivity contribution in [3.63, 3.8) is 0 Å². The second-order valence-electron chi connectivity index (χ2n) is 5.09. The first-order valence-corrected chi connectivity index (χ1v) is 6.91. The van der Waals surface area contributed by atoms with Gasteiger partial charge in [-0.1, -0.05) is 36.4 Å². The van der Waals surface area contributed by atoms with E-state index in [2.05, 4.69) is 0 Å². The molecule has 0 aliphatic carbocycles. The molecular formula is C18H18O3. The lowest BCUT2D eigenvalue weighted by atomic mass is 9.97. The molecule has 3 aromatic carbocycles. The molecule has 0 heterocycles. The van der Waals surface area contributed by atoms with E-state index >= 15 is 0 Å². The van der Waals surface area contributed by atoms with Crippen molar-refractivity contribution in [3.8, 4) is 11.5 Å². The molecule has 3 nitrogen and oxygen atoms in total. The zero-order valence-electron chi connectivity index (χ0n) is 12.4. The smallest absolute Gasteiger partial charge is 0.134 e. The first kappa shape index (κ1) is 13.7. The third-order valence-electron chi connectivity index (χ3n) is 3.84. The number of fused-ring (bicyclic) bond motifs is 2. The van der Waals surface area contributed by atoms with Crippen LogP contribution >= 0.6 is 0 Å². The standard InChI is InChI=1S/C18H18O3/c1-11(19)12-8-9-15-16(10-12)18(21-3)14-7-5-4-6-13(14)17(15)20-2/h4-11,19H,1-3H3. The van der Waals surface area contributed by atoms with Gasteiger partial charge in [-0.15, -0.1) is 0 Å². The molecule has 0 bridgehead atoms. The van der Waals surface area contributed by atoms with Crippen molar-refractivity contribution in [1.82, 2.24) is 0 Å². The van der Waals surface area contributed by atoms with Crippen LogP contribution in [0, 0.1) is 0 Å². The van der Waals surface area contributed by atoms with Gasteiger partial charge in [0, 0.05) is 21.5 Å². The number of methoxy groups -OCH3 is 2. The van der Waals surface area contributed by atoms with Gasteiger partial charge >= 0.3 is 0 Å². The van der Waals surface area contributed by atoms with E-state index in [-0.39, 0.29) is 0 Å². The Morgan fingerprint density at radius 2 is 1.33 bits per heavy atom. The lowest BCUT2D eigenvalue weighted by molar-refractivity contribution is 0.199. The molecule has 1 atom stereocenters. The average Bonchev–Trinajstić information content (AvgIpc) is 2.51. The molecule has 0 amide bonds. The summed E-state index contributed by atoms with van der Waals surface area (Å²) in [6.45, 7) is 1.76. The lowest BCUT2D eigenvalue weighted by Crippen LogP contribution is -1.95. The number of aliphatic hydroxyl groups excluding tert-OH is 1. The summed E-state index contributed by atoms with van der Waals surface area (Å²) in [4.78, 5) is 0. The van der Waals surface area contributed by atoms with Gasteiger partial charge in [0.1, 0.15) is 11.5 Å². The molecule has 0 aliphatic rings. The first-order chi connectivity index (χ1) is 10.2. The average molecular weight is 282 g/mol. The Morgan fingerprint density at radius 1 is 0.810 bits per heavy atom. The normalized spacial score (nSPS) is 12.6. The Morgan fingerprint density at radius 3 is 1.86 bits per heavy atom. The minimum atomic E-state index is -0.517. The molecular weight excluding hydrogens is 264 g/mol. The molecule has 0 saturated carbocycles. The predicted molar refractivity (Wildman–Crippen MR) is 85.2 cm³/mol. The maximum absolute atomic E-state index is 9.81. The highest BCUT2D eigenvalue weighted by atomic mass is 16.5. The van der Waals surface area contributed by atoms with Crippen molar-refractivity contribution < 1.29 is 14.6 Å². The minimum absolute atomic E-state index is 0.517. The number of hydrogen-bond donors (Lipinski definition) is 1. The highest BCUT2D eigenvalue weighted by Crippen LogP contribution is 2.43. The summed E-state index contributed by atoms with van der Waals surface area (Å²) >= 11 is 0. The van der Waals surface area contributed by atoms with Gasteiger partial charge in [0.05, 0.1) is 20.3 Å². The van der Waals surface area contributed by atoms with Crippen LogP contribution in [0.3, 0.4) is 0 Å². The fourth-order valence-electron chi connectivity index (χ4n) is 2.82. The van der Waals surface area contributed by atoms with Crippen LogP contribution < -0.4 is 9.47 Å². The van der Waals surface area contributed by atoms with Crippen LogP contribution in [0.4, 0.5) is 0 Å². The Balaban J connectivity index is 2.51. The Kier molecular flexibility index (Phi) is 3.43. The van der Waals surface area contributed by atoms with E-state index in [1.165, 1.54) is 0 Å². The third kappa shape index (κ3) is 2.10. The first-order valence-electron chi connectivity index (χ1n) is 6.91. The fraction of sp³-hybridized carbons (Fsp3) is 0.222. The van der Waals surface area contributed by atoms with E-state index in [1.807, 2.05) is 42.5 Å². The summed E-state index contributed by atoms with van der Waals surface area (Å²) in [5.74, 6) is 1.64. The third-order valence-corrected chi connectivity index (χ3v) is 3.84. The quantitative estimate of drug-likeness (QED) is 0.736. The van der Waals surface area contributed by atoms with Crippen molar-refractivity contribution in [2.75, 3.05) is 14.2 Å². The molecule has 108 valence electrons. The number of hydrogen-bond acceptors (Lipinski definition) is 3. The van der Waals surface area contributed by atoms with E-state index < -0.39 is 6.10 Å². The molecule has 3 aromatic rings. The van der Waals surface area contributed by atoms with Crippen LogP contribution in [-0.4, -0.2) is 19.3 Å². The molecule has 3 heteroatoms. The van der Waals surface area contributed by atoms with Gasteiger partial charge in [-0.25, -0.2) is 0 Å². The van der Waals surface area contributed by atoms with Gasteiger partial charge in [0.25, 0.3) is 0 Å². The van der Waals surface area contributed by atoms with E-state index in [1.54, 1.807) is 21.1 Å². The maximum Gasteiger partial charge on any atom is 0.134 e. The predicted octanol–water partition coefficient (Wildman–Crippen LogP) is 4.06. The maximum atomic E-state index is 9.81. The van der Waals surface area contributed by atoms with Crippen LogP contribution in [0.15, 0.2) is 42.5 Å². The zero-order chi connectivity index (χ0) is 15.0. The van der Waals surface area contributed by atoms with E-state index in [4.69, 9.17) is 9.47 Å². The van der Waals surface area contributed by atoms with Crippen molar-refractivity contribution in [2.45, 2.75) is 13.0 Å². The second kappa shape index (κ2) is 5.26. The van der Waals surface area contributed by atoms with Crippen molar-refractivity contribution >= 4 is 21.5 Å². The van der Waals surface area contributed by atoms with Gasteiger partial charge in [-0.3, -0.25) is 0 Å². The highest BCUT2D eigenvalue weighted by molar-refractivity contribution is 6.11. The van der Waals surface area contributed by atoms with Gasteiger partial charge < -0.3 is 14.6 Å². The largest absolute Gasteiger partial charge is 0.495 e. The zero-order valence-corrected chi connectivity index (χ0v) is 12.4. The molecule has 0 aliphatic heterocycles. The van der Waals surface area contributed by atoms with Crippen LogP contribution in [-0.2, 0) is 0 Å². The van der Waals surface area contributed by atoms with Gasteiger partial charge in [-0.2, -0.15) is 0 Å². The summed E-state index contributed by atoms with van der Waals surface area (Å²) in [6.07, 6.45) is -0.517. The van der Waals surface area contributed by atoms with Crippen molar-refractivity contribution in [1.29, 1.82) is 0 Å². The highest BCUT2D eigenvalue weighted by Gasteiger charge is 2.15. The molecule has 1 unspecified atom stereocenters. The number of aliphatic hydroxyl groups is 1. The molecule has 0 saturated heterocycles. The lowest BCUT2D eigenvalue weighted by Gasteiger charge is -2.16. The molecule has 1 N–H and O–H groups in total. The van der Waals surface area contributed by atoms with Crippen LogP contribution in [0.1, 0.15) is 18.6 Å². The van der Waals surface area contributed by atoms with Gasteiger partial charge in [0.15, 0.2) is 0 Å². The second-order valence-corrected chi connectivity index (χ2v) is 5.09. The minimum Gasteiger partial charge on any atom is -0.495 e. The molecule has 3 rings (SSSR count). The summed E-state index contributed by atoms with van der Waals surface area (Å²) in [6, 6.07) is 13.9.